The van der Waals surface area contributed by atoms with Gasteiger partial charge in [0.25, 0.3) is 11.8 Å². The van der Waals surface area contributed by atoms with Gasteiger partial charge in [-0.15, -0.1) is 11.3 Å². The lowest BCUT2D eigenvalue weighted by atomic mass is 10.0. The molecule has 35 heavy (non-hydrogen) atoms. The van der Waals surface area contributed by atoms with Crippen molar-refractivity contribution in [3.63, 3.8) is 0 Å². The summed E-state index contributed by atoms with van der Waals surface area (Å²) in [6, 6.07) is 5.30. The molecule has 1 aromatic heterocycles. The minimum absolute atomic E-state index is 0.0639. The number of hydrogen-bond acceptors (Lipinski definition) is 8. The highest BCUT2D eigenvalue weighted by Crippen LogP contribution is 2.37. The number of thiophene rings is 1. The molecular formula is C22H26N6O5S2. The fourth-order valence-corrected chi connectivity index (χ4v) is 6.28. The molecule has 0 bridgehead atoms. The molecule has 0 saturated heterocycles. The van der Waals surface area contributed by atoms with E-state index in [1.165, 1.54) is 49.6 Å². The highest BCUT2D eigenvalue weighted by molar-refractivity contribution is 7.89. The van der Waals surface area contributed by atoms with Crippen molar-refractivity contribution in [1.29, 1.82) is 10.8 Å². The van der Waals surface area contributed by atoms with Gasteiger partial charge in [-0.25, -0.2) is 8.42 Å². The third-order valence-corrected chi connectivity index (χ3v) is 8.51. The second kappa shape index (κ2) is 10.9. The molecule has 1 aliphatic heterocycles. The lowest BCUT2D eigenvalue weighted by Gasteiger charge is -2.25. The first-order valence-electron chi connectivity index (χ1n) is 10.7. The first-order chi connectivity index (χ1) is 16.6. The zero-order chi connectivity index (χ0) is 25.8. The second-order valence-electron chi connectivity index (χ2n) is 7.69. The molecule has 0 saturated carbocycles. The van der Waals surface area contributed by atoms with Gasteiger partial charge in [0.05, 0.1) is 17.0 Å². The quantitative estimate of drug-likeness (QED) is 0.370. The molecule has 2 aromatic rings. The summed E-state index contributed by atoms with van der Waals surface area (Å²) < 4.78 is 26.5. The Bertz CT molecular complexity index is 1260. The summed E-state index contributed by atoms with van der Waals surface area (Å²) in [7, 11) is -2.44. The van der Waals surface area contributed by atoms with E-state index in [1.807, 2.05) is 0 Å². The van der Waals surface area contributed by atoms with Crippen LogP contribution in [0.25, 0.3) is 0 Å². The Morgan fingerprint density at radius 2 is 1.74 bits per heavy atom. The van der Waals surface area contributed by atoms with Crippen LogP contribution in [0.3, 0.4) is 0 Å². The number of nitrogens with one attached hydrogen (secondary N) is 4. The smallest absolute Gasteiger partial charge is 0.256 e. The Kier molecular flexibility index (Phi) is 8.14. The van der Waals surface area contributed by atoms with Crippen molar-refractivity contribution in [1.82, 2.24) is 14.5 Å². The van der Waals surface area contributed by atoms with Crippen molar-refractivity contribution in [3.05, 3.63) is 45.8 Å². The van der Waals surface area contributed by atoms with Crippen molar-refractivity contribution in [2.75, 3.05) is 32.0 Å². The van der Waals surface area contributed by atoms with Crippen molar-refractivity contribution >= 4 is 56.5 Å². The van der Waals surface area contributed by atoms with Crippen LogP contribution in [0.5, 0.6) is 0 Å². The molecule has 1 aromatic carbocycles. The monoisotopic (exact) mass is 518 g/mol. The van der Waals surface area contributed by atoms with Crippen molar-refractivity contribution in [2.24, 2.45) is 0 Å². The van der Waals surface area contributed by atoms with E-state index >= 15 is 0 Å². The van der Waals surface area contributed by atoms with Crippen molar-refractivity contribution in [2.45, 2.75) is 24.8 Å². The minimum atomic E-state index is -3.95. The maximum Gasteiger partial charge on any atom is 0.256 e. The molecule has 0 aliphatic carbocycles. The zero-order valence-corrected chi connectivity index (χ0v) is 20.9. The number of rotatable bonds is 9. The topological polar surface area (TPSA) is 164 Å². The first kappa shape index (κ1) is 26.2. The molecular weight excluding hydrogens is 492 g/mol. The highest BCUT2D eigenvalue weighted by atomic mass is 32.2. The summed E-state index contributed by atoms with van der Waals surface area (Å²) in [5, 5.41) is 20.1. The number of anilines is 1. The average Bonchev–Trinajstić information content (AvgIpc) is 3.20. The van der Waals surface area contributed by atoms with E-state index in [2.05, 4.69) is 10.6 Å². The molecule has 0 atom stereocenters. The number of nitrogens with zero attached hydrogens (tertiary/aromatic N) is 2. The molecule has 0 unspecified atom stereocenters. The van der Waals surface area contributed by atoms with Gasteiger partial charge in [0.15, 0.2) is 0 Å². The standard InChI is InChI=1S/C22H26N6O5S2/c1-14(29)27-10-7-17-18(13-27)34-22(19(17)21(31)25-2)26-20(30)15-3-5-16(6-4-15)35(32,33)28(11-8-23)12-9-24/h3-6,8-9,23-24H,7,10-13H2,1-2H3,(H,25,31)(H,26,30). The molecule has 0 radical (unpaired) electrons. The number of hydrogen-bond donors (Lipinski definition) is 4. The van der Waals surface area contributed by atoms with E-state index in [1.54, 1.807) is 4.90 Å². The summed E-state index contributed by atoms with van der Waals surface area (Å²) >= 11 is 1.24. The molecule has 186 valence electrons. The van der Waals surface area contributed by atoms with Gasteiger partial charge < -0.3 is 26.4 Å². The summed E-state index contributed by atoms with van der Waals surface area (Å²) in [5.41, 5.74) is 1.37. The van der Waals surface area contributed by atoms with Crippen molar-refractivity contribution in [3.8, 4) is 0 Å². The predicted octanol–water partition coefficient (Wildman–Crippen LogP) is 1.55. The molecule has 4 N–H and O–H groups in total. The summed E-state index contributed by atoms with van der Waals surface area (Å²) in [4.78, 5) is 39.7. The van der Waals surface area contributed by atoms with Crippen LogP contribution >= 0.6 is 11.3 Å². The van der Waals surface area contributed by atoms with Gasteiger partial charge >= 0.3 is 0 Å². The van der Waals surface area contributed by atoms with E-state index in [9.17, 15) is 22.8 Å². The normalized spacial score (nSPS) is 13.2. The Labute approximate surface area is 207 Å². The van der Waals surface area contributed by atoms with Crippen LogP contribution in [-0.4, -0.2) is 74.5 Å². The van der Waals surface area contributed by atoms with Crippen LogP contribution in [-0.2, 0) is 27.8 Å². The lowest BCUT2D eigenvalue weighted by Crippen LogP contribution is -2.34. The van der Waals surface area contributed by atoms with E-state index < -0.39 is 15.9 Å². The van der Waals surface area contributed by atoms with Gasteiger partial charge in [0, 0.05) is 56.5 Å². The first-order valence-corrected chi connectivity index (χ1v) is 12.9. The third-order valence-electron chi connectivity index (χ3n) is 5.53. The fraction of sp³-hybridized carbons (Fsp3) is 0.318. The third kappa shape index (κ3) is 5.47. The molecule has 2 heterocycles. The van der Waals surface area contributed by atoms with Crippen LogP contribution in [0.15, 0.2) is 29.2 Å². The van der Waals surface area contributed by atoms with Crippen LogP contribution in [0.4, 0.5) is 5.00 Å². The minimum Gasteiger partial charge on any atom is -0.355 e. The van der Waals surface area contributed by atoms with Gasteiger partial charge in [0.1, 0.15) is 5.00 Å². The highest BCUT2D eigenvalue weighted by Gasteiger charge is 2.29. The number of sulfonamides is 1. The van der Waals surface area contributed by atoms with Gasteiger partial charge in [-0.2, -0.15) is 4.31 Å². The Morgan fingerprint density at radius 3 is 2.29 bits per heavy atom. The average molecular weight is 519 g/mol. The summed E-state index contributed by atoms with van der Waals surface area (Å²) in [5.74, 6) is -0.920. The van der Waals surface area contributed by atoms with Crippen LogP contribution in [0, 0.1) is 10.8 Å². The van der Waals surface area contributed by atoms with Crippen LogP contribution in [0.1, 0.15) is 38.1 Å². The van der Waals surface area contributed by atoms with E-state index in [0.717, 1.165) is 27.2 Å². The largest absolute Gasteiger partial charge is 0.355 e. The van der Waals surface area contributed by atoms with Gasteiger partial charge in [0.2, 0.25) is 15.9 Å². The summed E-state index contributed by atoms with van der Waals surface area (Å²) in [6.45, 7) is 1.99. The number of fused-ring (bicyclic) bond motifs is 1. The Hall–Kier alpha value is -3.42. The van der Waals surface area contributed by atoms with Crippen LogP contribution < -0.4 is 10.6 Å². The maximum absolute atomic E-state index is 12.9. The van der Waals surface area contributed by atoms with Crippen LogP contribution in [0.2, 0.25) is 0 Å². The molecule has 0 fully saturated rings. The molecule has 11 nitrogen and oxygen atoms in total. The lowest BCUT2D eigenvalue weighted by molar-refractivity contribution is -0.129. The van der Waals surface area contributed by atoms with Gasteiger partial charge in [-0.05, 0) is 36.2 Å². The number of amides is 3. The molecule has 1 aliphatic rings. The van der Waals surface area contributed by atoms with E-state index in [-0.39, 0.29) is 35.4 Å². The fourth-order valence-electron chi connectivity index (χ4n) is 3.70. The Morgan fingerprint density at radius 1 is 1.11 bits per heavy atom. The van der Waals surface area contributed by atoms with Gasteiger partial charge in [-0.3, -0.25) is 14.4 Å². The van der Waals surface area contributed by atoms with Crippen molar-refractivity contribution < 1.29 is 22.8 Å². The van der Waals surface area contributed by atoms with E-state index in [0.29, 0.717) is 30.1 Å². The number of carbonyl (C=O) groups is 3. The molecule has 3 rings (SSSR count). The number of carbonyl (C=O) groups excluding carboxylic acids is 3. The summed E-state index contributed by atoms with van der Waals surface area (Å²) in [6.07, 6.45) is 2.37. The van der Waals surface area contributed by atoms with Gasteiger partial charge in [-0.1, -0.05) is 0 Å². The van der Waals surface area contributed by atoms with E-state index in [4.69, 9.17) is 10.8 Å². The number of benzene rings is 1. The molecule has 3 amide bonds. The second-order valence-corrected chi connectivity index (χ2v) is 10.7. The zero-order valence-electron chi connectivity index (χ0n) is 19.3. The molecule has 0 spiro atoms. The predicted molar refractivity (Wildman–Crippen MR) is 133 cm³/mol. The Balaban J connectivity index is 1.86. The molecule has 13 heteroatoms. The SMILES string of the molecule is CNC(=O)c1c(NC(=O)c2ccc(S(=O)(=O)N(CC=N)CC=N)cc2)sc2c1CCN(C(C)=O)C2. The maximum atomic E-state index is 12.9.